The Morgan fingerprint density at radius 1 is 1.15 bits per heavy atom. The number of rotatable bonds is 7. The molecule has 8 nitrogen and oxygen atoms in total. The number of aromatic nitrogens is 1. The van der Waals surface area contributed by atoms with E-state index in [9.17, 15) is 18.0 Å². The minimum absolute atomic E-state index is 0.109. The Balaban J connectivity index is 1.65. The first kappa shape index (κ1) is 24.0. The summed E-state index contributed by atoms with van der Waals surface area (Å²) in [5.41, 5.74) is 0.887. The minimum atomic E-state index is -3.70. The van der Waals surface area contributed by atoms with Gasteiger partial charge in [-0.2, -0.15) is 4.31 Å². The maximum atomic E-state index is 13.2. The van der Waals surface area contributed by atoms with Gasteiger partial charge >= 0.3 is 0 Å². The van der Waals surface area contributed by atoms with Gasteiger partial charge < -0.3 is 15.0 Å². The highest BCUT2D eigenvalue weighted by Crippen LogP contribution is 2.26. The van der Waals surface area contributed by atoms with Gasteiger partial charge in [-0.25, -0.2) is 8.42 Å². The molecule has 1 fully saturated rings. The molecule has 34 heavy (non-hydrogen) atoms. The number of nitrogens with one attached hydrogen (secondary N) is 2. The number of H-pyrrole nitrogens is 1. The molecule has 2 heterocycles. The molecule has 1 saturated heterocycles. The van der Waals surface area contributed by atoms with Crippen molar-refractivity contribution in [2.75, 3.05) is 19.7 Å². The van der Waals surface area contributed by atoms with Crippen molar-refractivity contribution >= 4 is 26.8 Å². The van der Waals surface area contributed by atoms with E-state index in [1.54, 1.807) is 0 Å². The molecule has 1 amide bonds. The highest BCUT2D eigenvalue weighted by Gasteiger charge is 2.28. The van der Waals surface area contributed by atoms with Gasteiger partial charge in [-0.15, -0.1) is 0 Å². The number of hydrogen-bond donors (Lipinski definition) is 2. The molecule has 0 aliphatic carbocycles. The third kappa shape index (κ3) is 5.00. The predicted molar refractivity (Wildman–Crippen MR) is 131 cm³/mol. The highest BCUT2D eigenvalue weighted by atomic mass is 32.2. The number of carbonyl (C=O) groups is 1. The zero-order valence-corrected chi connectivity index (χ0v) is 20.2. The van der Waals surface area contributed by atoms with Crippen molar-refractivity contribution in [2.45, 2.75) is 38.1 Å². The van der Waals surface area contributed by atoms with Crippen LogP contribution in [0.2, 0.25) is 0 Å². The summed E-state index contributed by atoms with van der Waals surface area (Å²) in [6.07, 6.45) is 1.63. The van der Waals surface area contributed by atoms with Crippen LogP contribution in [0.3, 0.4) is 0 Å². The summed E-state index contributed by atoms with van der Waals surface area (Å²) in [5, 5.41) is 3.20. The van der Waals surface area contributed by atoms with Crippen LogP contribution in [-0.2, 0) is 16.6 Å². The molecular formula is C25H29N3O5S. The number of fused-ring (bicyclic) bond motifs is 1. The molecule has 0 atom stereocenters. The molecule has 9 heteroatoms. The number of para-hydroxylation sites is 1. The van der Waals surface area contributed by atoms with Gasteiger partial charge in [0.25, 0.3) is 5.91 Å². The fourth-order valence-corrected chi connectivity index (χ4v) is 5.67. The second-order valence-corrected chi connectivity index (χ2v) is 10.5. The number of piperidine rings is 1. The van der Waals surface area contributed by atoms with E-state index in [1.165, 1.54) is 28.6 Å². The predicted octanol–water partition coefficient (Wildman–Crippen LogP) is 3.28. The summed E-state index contributed by atoms with van der Waals surface area (Å²) in [4.78, 5) is 28.1. The van der Waals surface area contributed by atoms with Crippen molar-refractivity contribution in [3.05, 3.63) is 70.0 Å². The van der Waals surface area contributed by atoms with E-state index < -0.39 is 21.5 Å². The SMILES string of the molecule is CCOc1ccccc1CNC(=O)c1cc(=O)[nH]c2ccc(S(=O)(=O)N3CCC(C)CC3)cc12. The Kier molecular flexibility index (Phi) is 7.04. The Labute approximate surface area is 199 Å². The average Bonchev–Trinajstić information content (AvgIpc) is 2.83. The lowest BCUT2D eigenvalue weighted by atomic mass is 10.0. The van der Waals surface area contributed by atoms with Gasteiger partial charge in [0.1, 0.15) is 5.75 Å². The number of aromatic amines is 1. The molecule has 1 aliphatic rings. The Morgan fingerprint density at radius 3 is 2.62 bits per heavy atom. The van der Waals surface area contributed by atoms with Gasteiger partial charge in [-0.1, -0.05) is 25.1 Å². The van der Waals surface area contributed by atoms with Gasteiger partial charge in [0.2, 0.25) is 15.6 Å². The molecule has 0 spiro atoms. The van der Waals surface area contributed by atoms with E-state index in [0.717, 1.165) is 18.4 Å². The number of hydrogen-bond acceptors (Lipinski definition) is 5. The smallest absolute Gasteiger partial charge is 0.252 e. The Hall–Kier alpha value is -3.17. The number of sulfonamides is 1. The van der Waals surface area contributed by atoms with Gasteiger partial charge in [-0.3, -0.25) is 9.59 Å². The summed E-state index contributed by atoms with van der Waals surface area (Å²) in [5.74, 6) is 0.699. The maximum absolute atomic E-state index is 13.2. The monoisotopic (exact) mass is 483 g/mol. The van der Waals surface area contributed by atoms with Crippen LogP contribution in [0.4, 0.5) is 0 Å². The first-order valence-electron chi connectivity index (χ1n) is 11.5. The van der Waals surface area contributed by atoms with Crippen LogP contribution >= 0.6 is 0 Å². The molecule has 0 radical (unpaired) electrons. The van der Waals surface area contributed by atoms with Crippen molar-refractivity contribution < 1.29 is 17.9 Å². The van der Waals surface area contributed by atoms with Gasteiger partial charge in [0, 0.05) is 42.2 Å². The van der Waals surface area contributed by atoms with Crippen LogP contribution in [0.25, 0.3) is 10.9 Å². The summed E-state index contributed by atoms with van der Waals surface area (Å²) >= 11 is 0. The Bertz CT molecular complexity index is 1360. The number of nitrogens with zero attached hydrogens (tertiary/aromatic N) is 1. The van der Waals surface area contributed by atoms with Crippen LogP contribution in [0.1, 0.15) is 42.6 Å². The largest absolute Gasteiger partial charge is 0.494 e. The molecule has 4 rings (SSSR count). The number of benzene rings is 2. The van der Waals surface area contributed by atoms with Crippen LogP contribution < -0.4 is 15.6 Å². The molecule has 1 aliphatic heterocycles. The fraction of sp³-hybridized carbons (Fsp3) is 0.360. The lowest BCUT2D eigenvalue weighted by molar-refractivity contribution is 0.0952. The third-order valence-electron chi connectivity index (χ3n) is 6.15. The van der Waals surface area contributed by atoms with E-state index in [0.29, 0.717) is 42.3 Å². The first-order valence-corrected chi connectivity index (χ1v) is 12.9. The van der Waals surface area contributed by atoms with Crippen molar-refractivity contribution in [1.82, 2.24) is 14.6 Å². The Morgan fingerprint density at radius 2 is 1.88 bits per heavy atom. The van der Waals surface area contributed by atoms with Crippen molar-refractivity contribution in [2.24, 2.45) is 5.92 Å². The van der Waals surface area contributed by atoms with E-state index in [2.05, 4.69) is 17.2 Å². The van der Waals surface area contributed by atoms with E-state index in [-0.39, 0.29) is 17.0 Å². The molecule has 3 aromatic rings. The standard InChI is InChI=1S/C25H29N3O5S/c1-3-33-23-7-5-4-6-18(23)16-26-25(30)21-15-24(29)27-22-9-8-19(14-20(21)22)34(31,32)28-12-10-17(2)11-13-28/h4-9,14-15,17H,3,10-13,16H2,1-2H3,(H,26,30)(H,27,29). The van der Waals surface area contributed by atoms with Crippen LogP contribution in [0.5, 0.6) is 5.75 Å². The normalized spacial score (nSPS) is 15.4. The molecular weight excluding hydrogens is 454 g/mol. The molecule has 1 aromatic heterocycles. The molecule has 2 aromatic carbocycles. The number of amides is 1. The van der Waals surface area contributed by atoms with E-state index in [4.69, 9.17) is 4.74 Å². The van der Waals surface area contributed by atoms with Crippen LogP contribution in [0, 0.1) is 5.92 Å². The second-order valence-electron chi connectivity index (χ2n) is 8.56. The zero-order chi connectivity index (χ0) is 24.3. The molecule has 0 unspecified atom stereocenters. The highest BCUT2D eigenvalue weighted by molar-refractivity contribution is 7.89. The molecule has 0 saturated carbocycles. The first-order chi connectivity index (χ1) is 16.3. The summed E-state index contributed by atoms with van der Waals surface area (Å²) in [6, 6.07) is 13.1. The topological polar surface area (TPSA) is 109 Å². The summed E-state index contributed by atoms with van der Waals surface area (Å²) in [6.45, 7) is 5.64. The zero-order valence-electron chi connectivity index (χ0n) is 19.3. The fourth-order valence-electron chi connectivity index (χ4n) is 4.17. The van der Waals surface area contributed by atoms with Gasteiger partial charge in [0.15, 0.2) is 0 Å². The summed E-state index contributed by atoms with van der Waals surface area (Å²) < 4.78 is 33.6. The van der Waals surface area contributed by atoms with Crippen molar-refractivity contribution in [1.29, 1.82) is 0 Å². The number of carbonyl (C=O) groups excluding carboxylic acids is 1. The van der Waals surface area contributed by atoms with Crippen LogP contribution in [-0.4, -0.2) is 43.3 Å². The molecule has 180 valence electrons. The molecule has 0 bridgehead atoms. The van der Waals surface area contributed by atoms with E-state index in [1.807, 2.05) is 31.2 Å². The van der Waals surface area contributed by atoms with Gasteiger partial charge in [0.05, 0.1) is 17.1 Å². The van der Waals surface area contributed by atoms with Crippen LogP contribution in [0.15, 0.2) is 58.2 Å². The molecule has 2 N–H and O–H groups in total. The van der Waals surface area contributed by atoms with Crippen molar-refractivity contribution in [3.8, 4) is 5.75 Å². The number of ether oxygens (including phenoxy) is 1. The van der Waals surface area contributed by atoms with E-state index >= 15 is 0 Å². The van der Waals surface area contributed by atoms with Crippen molar-refractivity contribution in [3.63, 3.8) is 0 Å². The third-order valence-corrected chi connectivity index (χ3v) is 8.05. The summed E-state index contributed by atoms with van der Waals surface area (Å²) in [7, 11) is -3.70. The quantitative estimate of drug-likeness (QED) is 0.536. The second kappa shape index (κ2) is 9.99. The lowest BCUT2D eigenvalue weighted by Gasteiger charge is -2.29. The number of pyridine rings is 1. The maximum Gasteiger partial charge on any atom is 0.252 e. The van der Waals surface area contributed by atoms with Gasteiger partial charge in [-0.05, 0) is 49.9 Å². The average molecular weight is 484 g/mol. The lowest BCUT2D eigenvalue weighted by Crippen LogP contribution is -2.37. The minimum Gasteiger partial charge on any atom is -0.494 e.